The van der Waals surface area contributed by atoms with Crippen LogP contribution in [0.25, 0.3) is 11.1 Å². The maximum atomic E-state index is 6.29. The fraction of sp³-hybridized carbons (Fsp3) is 0.200. The fourth-order valence-corrected chi connectivity index (χ4v) is 3.10. The number of hydrogen-bond donors (Lipinski definition) is 1. The van der Waals surface area contributed by atoms with Crippen LogP contribution >= 0.6 is 34.8 Å². The number of ether oxygens (including phenoxy) is 1. The van der Waals surface area contributed by atoms with E-state index in [1.165, 1.54) is 0 Å². The van der Waals surface area contributed by atoms with Crippen molar-refractivity contribution in [3.05, 3.63) is 51.0 Å². The summed E-state index contributed by atoms with van der Waals surface area (Å²) in [6, 6.07) is 9.19. The molecule has 1 N–H and O–H groups in total. The van der Waals surface area contributed by atoms with Gasteiger partial charge >= 0.3 is 0 Å². The Hall–Kier alpha value is -0.930. The fourth-order valence-electron chi connectivity index (χ4n) is 2.08. The second-order valence-electron chi connectivity index (χ2n) is 4.30. The molecule has 106 valence electrons. The van der Waals surface area contributed by atoms with E-state index in [1.807, 2.05) is 25.2 Å². The molecule has 0 heterocycles. The molecule has 20 heavy (non-hydrogen) atoms. The maximum absolute atomic E-state index is 6.29. The van der Waals surface area contributed by atoms with Gasteiger partial charge in [-0.15, -0.1) is 0 Å². The molecule has 2 aromatic carbocycles. The summed E-state index contributed by atoms with van der Waals surface area (Å²) in [4.78, 5) is 0. The lowest BCUT2D eigenvalue weighted by atomic mass is 9.99. The van der Waals surface area contributed by atoms with Crippen LogP contribution < -0.4 is 10.1 Å². The molecule has 2 aromatic rings. The van der Waals surface area contributed by atoms with E-state index in [2.05, 4.69) is 5.32 Å². The van der Waals surface area contributed by atoms with Gasteiger partial charge < -0.3 is 10.1 Å². The molecule has 0 atom stereocenters. The molecule has 0 radical (unpaired) electrons. The molecule has 2 nitrogen and oxygen atoms in total. The van der Waals surface area contributed by atoms with Crippen molar-refractivity contribution in [3.63, 3.8) is 0 Å². The molecule has 0 saturated heterocycles. The van der Waals surface area contributed by atoms with Crippen molar-refractivity contribution in [1.29, 1.82) is 0 Å². The number of rotatable bonds is 4. The van der Waals surface area contributed by atoms with Crippen molar-refractivity contribution in [2.45, 2.75) is 6.54 Å². The average Bonchev–Trinajstić information content (AvgIpc) is 2.39. The predicted molar refractivity (Wildman–Crippen MR) is 86.2 cm³/mol. The van der Waals surface area contributed by atoms with Crippen molar-refractivity contribution in [3.8, 4) is 16.9 Å². The highest BCUT2D eigenvalue weighted by Gasteiger charge is 2.14. The zero-order valence-electron chi connectivity index (χ0n) is 11.1. The van der Waals surface area contributed by atoms with Gasteiger partial charge in [0.05, 0.1) is 17.2 Å². The van der Waals surface area contributed by atoms with Gasteiger partial charge in [0.1, 0.15) is 5.75 Å². The quantitative estimate of drug-likeness (QED) is 0.847. The predicted octanol–water partition coefficient (Wildman–Crippen LogP) is 5.04. The standard InChI is InChI=1S/C15H14Cl3NO/c1-19-8-9-5-11(20-2)3-4-12(9)15-13(17)6-10(16)7-14(15)18/h3-7,19H,8H2,1-2H3. The Morgan fingerprint density at radius 3 is 2.25 bits per heavy atom. The molecule has 0 bridgehead atoms. The van der Waals surface area contributed by atoms with Gasteiger partial charge in [-0.1, -0.05) is 40.9 Å². The van der Waals surface area contributed by atoms with Crippen LogP contribution in [0.15, 0.2) is 30.3 Å². The SMILES string of the molecule is CNCc1cc(OC)ccc1-c1c(Cl)cc(Cl)cc1Cl. The van der Waals surface area contributed by atoms with Crippen LogP contribution in [0.3, 0.4) is 0 Å². The molecule has 0 fully saturated rings. The van der Waals surface area contributed by atoms with E-state index in [4.69, 9.17) is 39.5 Å². The zero-order valence-corrected chi connectivity index (χ0v) is 13.4. The van der Waals surface area contributed by atoms with E-state index < -0.39 is 0 Å². The Morgan fingerprint density at radius 1 is 1.05 bits per heavy atom. The van der Waals surface area contributed by atoms with Crippen molar-refractivity contribution < 1.29 is 4.74 Å². The summed E-state index contributed by atoms with van der Waals surface area (Å²) in [6.45, 7) is 0.682. The minimum absolute atomic E-state index is 0.521. The molecule has 0 spiro atoms. The second kappa shape index (κ2) is 6.68. The van der Waals surface area contributed by atoms with Gasteiger partial charge in [0.25, 0.3) is 0 Å². The first kappa shape index (κ1) is 15.5. The molecule has 0 aliphatic heterocycles. The van der Waals surface area contributed by atoms with Crippen LogP contribution in [0.4, 0.5) is 0 Å². The van der Waals surface area contributed by atoms with Crippen molar-refractivity contribution in [2.24, 2.45) is 0 Å². The van der Waals surface area contributed by atoms with E-state index in [9.17, 15) is 0 Å². The molecule has 0 unspecified atom stereocenters. The molecular weight excluding hydrogens is 317 g/mol. The molecule has 2 rings (SSSR count). The number of halogens is 3. The van der Waals surface area contributed by atoms with Crippen LogP contribution in [0, 0.1) is 0 Å². The number of hydrogen-bond acceptors (Lipinski definition) is 2. The Bertz CT molecular complexity index is 606. The minimum atomic E-state index is 0.521. The van der Waals surface area contributed by atoms with E-state index in [-0.39, 0.29) is 0 Å². The van der Waals surface area contributed by atoms with Crippen molar-refractivity contribution in [1.82, 2.24) is 5.32 Å². The van der Waals surface area contributed by atoms with E-state index in [1.54, 1.807) is 19.2 Å². The average molecular weight is 331 g/mol. The van der Waals surface area contributed by atoms with Crippen LogP contribution in [0.1, 0.15) is 5.56 Å². The first-order valence-electron chi connectivity index (χ1n) is 6.03. The minimum Gasteiger partial charge on any atom is -0.497 e. The van der Waals surface area contributed by atoms with Gasteiger partial charge in [0.15, 0.2) is 0 Å². The summed E-state index contributed by atoms with van der Waals surface area (Å²) in [5.74, 6) is 0.792. The molecule has 0 aliphatic rings. The second-order valence-corrected chi connectivity index (χ2v) is 5.55. The molecular formula is C15H14Cl3NO. The molecule has 0 aromatic heterocycles. The van der Waals surface area contributed by atoms with Crippen molar-refractivity contribution in [2.75, 3.05) is 14.2 Å². The maximum Gasteiger partial charge on any atom is 0.119 e. The first-order valence-corrected chi connectivity index (χ1v) is 7.16. The third-order valence-corrected chi connectivity index (χ3v) is 3.77. The third kappa shape index (κ3) is 3.21. The largest absolute Gasteiger partial charge is 0.497 e. The molecule has 0 amide bonds. The summed E-state index contributed by atoms with van der Waals surface area (Å²) < 4.78 is 5.26. The monoisotopic (exact) mass is 329 g/mol. The number of methoxy groups -OCH3 is 1. The van der Waals surface area contributed by atoms with Crippen LogP contribution in [0.5, 0.6) is 5.75 Å². The summed E-state index contributed by atoms with van der Waals surface area (Å²) >= 11 is 18.5. The number of nitrogens with one attached hydrogen (secondary N) is 1. The third-order valence-electron chi connectivity index (χ3n) is 2.96. The normalized spacial score (nSPS) is 10.7. The summed E-state index contributed by atoms with van der Waals surface area (Å²) in [6.07, 6.45) is 0. The highest BCUT2D eigenvalue weighted by atomic mass is 35.5. The summed E-state index contributed by atoms with van der Waals surface area (Å²) in [5, 5.41) is 4.71. The molecule has 0 aliphatic carbocycles. The Labute approximate surface area is 133 Å². The lowest BCUT2D eigenvalue weighted by Crippen LogP contribution is -2.07. The van der Waals surface area contributed by atoms with Gasteiger partial charge in [0, 0.05) is 17.1 Å². The Morgan fingerprint density at radius 2 is 1.70 bits per heavy atom. The van der Waals surface area contributed by atoms with Gasteiger partial charge in [-0.25, -0.2) is 0 Å². The smallest absolute Gasteiger partial charge is 0.119 e. The highest BCUT2D eigenvalue weighted by Crippen LogP contribution is 2.39. The van der Waals surface area contributed by atoms with Crippen LogP contribution in [-0.2, 0) is 6.54 Å². The molecule has 0 saturated carbocycles. The van der Waals surface area contributed by atoms with Crippen molar-refractivity contribution >= 4 is 34.8 Å². The van der Waals surface area contributed by atoms with Crippen LogP contribution in [-0.4, -0.2) is 14.2 Å². The van der Waals surface area contributed by atoms with E-state index in [0.29, 0.717) is 21.6 Å². The lowest BCUT2D eigenvalue weighted by Gasteiger charge is -2.14. The topological polar surface area (TPSA) is 21.3 Å². The Balaban J connectivity index is 2.63. The van der Waals surface area contributed by atoms with Gasteiger partial charge in [-0.3, -0.25) is 0 Å². The van der Waals surface area contributed by atoms with E-state index >= 15 is 0 Å². The summed E-state index contributed by atoms with van der Waals surface area (Å²) in [5.41, 5.74) is 2.80. The van der Waals surface area contributed by atoms with Gasteiger partial charge in [0.2, 0.25) is 0 Å². The van der Waals surface area contributed by atoms with E-state index in [0.717, 1.165) is 22.4 Å². The summed E-state index contributed by atoms with van der Waals surface area (Å²) in [7, 11) is 3.52. The van der Waals surface area contributed by atoms with Crippen LogP contribution in [0.2, 0.25) is 15.1 Å². The zero-order chi connectivity index (χ0) is 14.7. The highest BCUT2D eigenvalue weighted by molar-refractivity contribution is 6.41. The lowest BCUT2D eigenvalue weighted by molar-refractivity contribution is 0.414. The number of benzene rings is 2. The van der Waals surface area contributed by atoms with Gasteiger partial charge in [-0.2, -0.15) is 0 Å². The first-order chi connectivity index (χ1) is 9.56. The molecule has 5 heteroatoms. The Kier molecular flexibility index (Phi) is 5.17. The van der Waals surface area contributed by atoms with Gasteiger partial charge in [-0.05, 0) is 42.4 Å².